The molecule has 0 aliphatic heterocycles. The van der Waals surface area contributed by atoms with E-state index in [-0.39, 0.29) is 0 Å². The summed E-state index contributed by atoms with van der Waals surface area (Å²) in [5.41, 5.74) is 0.923. The van der Waals surface area contributed by atoms with E-state index < -0.39 is 0 Å². The van der Waals surface area contributed by atoms with E-state index in [9.17, 15) is 4.79 Å². The van der Waals surface area contributed by atoms with Crippen LogP contribution in [0.4, 0.5) is 0 Å². The van der Waals surface area contributed by atoms with Gasteiger partial charge < -0.3 is 0 Å². The first-order valence-electron chi connectivity index (χ1n) is 3.89. The Morgan fingerprint density at radius 1 is 1.64 bits per heavy atom. The molecule has 64 valence electrons. The van der Waals surface area contributed by atoms with Crippen molar-refractivity contribution < 1.29 is 4.79 Å². The molecule has 0 aliphatic rings. The summed E-state index contributed by atoms with van der Waals surface area (Å²) in [5, 5.41) is 0. The van der Waals surface area contributed by atoms with Crippen molar-refractivity contribution in [3.8, 4) is 0 Å². The molecule has 0 spiro atoms. The van der Waals surface area contributed by atoms with Gasteiger partial charge in [-0.05, 0) is 17.7 Å². The van der Waals surface area contributed by atoms with Crippen LogP contribution in [0, 0.1) is 5.92 Å². The zero-order valence-electron chi connectivity index (χ0n) is 7.46. The Hall–Kier alpha value is -0.240. The highest BCUT2D eigenvalue weighted by Crippen LogP contribution is 2.08. The van der Waals surface area contributed by atoms with E-state index in [0.29, 0.717) is 5.92 Å². The summed E-state index contributed by atoms with van der Waals surface area (Å²) in [5.74, 6) is 1.37. The molecule has 0 radical (unpaired) electrons. The lowest BCUT2D eigenvalue weighted by Gasteiger charge is -2.02. The molecule has 0 saturated heterocycles. The van der Waals surface area contributed by atoms with Crippen LogP contribution in [-0.2, 0) is 4.79 Å². The van der Waals surface area contributed by atoms with E-state index in [1.165, 1.54) is 0 Å². The first kappa shape index (κ1) is 10.8. The van der Waals surface area contributed by atoms with Gasteiger partial charge in [-0.3, -0.25) is 4.79 Å². The Morgan fingerprint density at radius 2 is 2.27 bits per heavy atom. The molecule has 0 heterocycles. The van der Waals surface area contributed by atoms with Crippen molar-refractivity contribution in [3.05, 3.63) is 11.6 Å². The summed E-state index contributed by atoms with van der Waals surface area (Å²) in [6, 6.07) is 0. The minimum atomic E-state index is 0.530. The fraction of sp³-hybridized carbons (Fsp3) is 0.667. The zero-order valence-corrected chi connectivity index (χ0v) is 8.28. The van der Waals surface area contributed by atoms with Crippen molar-refractivity contribution in [1.29, 1.82) is 0 Å². The second kappa shape index (κ2) is 6.47. The smallest absolute Gasteiger partial charge is 0.146 e. The molecule has 0 saturated carbocycles. The molecule has 2 heteroatoms. The molecule has 0 aromatic heterocycles. The fourth-order valence-corrected chi connectivity index (χ4v) is 1.27. The molecule has 0 fully saturated rings. The van der Waals surface area contributed by atoms with Crippen molar-refractivity contribution in [2.45, 2.75) is 20.3 Å². The molecule has 1 unspecified atom stereocenters. The molecule has 11 heavy (non-hydrogen) atoms. The van der Waals surface area contributed by atoms with E-state index in [2.05, 4.69) is 19.9 Å². The second-order valence-corrected chi connectivity index (χ2v) is 3.54. The third-order valence-electron chi connectivity index (χ3n) is 1.60. The summed E-state index contributed by atoms with van der Waals surface area (Å²) in [6.07, 6.45) is 6.13. The Balaban J connectivity index is 3.98. The van der Waals surface area contributed by atoms with Gasteiger partial charge in [0.2, 0.25) is 0 Å². The van der Waals surface area contributed by atoms with Crippen LogP contribution in [0.2, 0.25) is 0 Å². The first-order chi connectivity index (χ1) is 5.24. The van der Waals surface area contributed by atoms with Crippen LogP contribution in [0.3, 0.4) is 0 Å². The molecule has 0 aromatic rings. The van der Waals surface area contributed by atoms with Gasteiger partial charge >= 0.3 is 0 Å². The van der Waals surface area contributed by atoms with Gasteiger partial charge in [-0.25, -0.2) is 0 Å². The molecular weight excluding hydrogens is 156 g/mol. The maximum absolute atomic E-state index is 10.5. The first-order valence-corrected chi connectivity index (χ1v) is 5.28. The van der Waals surface area contributed by atoms with E-state index in [1.807, 2.05) is 6.26 Å². The van der Waals surface area contributed by atoms with Crippen LogP contribution in [0.1, 0.15) is 20.3 Å². The summed E-state index contributed by atoms with van der Waals surface area (Å²) in [4.78, 5) is 10.5. The van der Waals surface area contributed by atoms with Crippen molar-refractivity contribution in [2.75, 3.05) is 12.0 Å². The number of rotatable bonds is 5. The average Bonchev–Trinajstić information content (AvgIpc) is 2.03. The van der Waals surface area contributed by atoms with Gasteiger partial charge in [0.15, 0.2) is 0 Å². The van der Waals surface area contributed by atoms with E-state index in [4.69, 9.17) is 0 Å². The predicted molar refractivity (Wildman–Crippen MR) is 52.0 cm³/mol. The maximum atomic E-state index is 10.5. The monoisotopic (exact) mass is 172 g/mol. The standard InChI is InChI=1S/C9H16OS/c1-4-8(2)5-9(6-10)7-11-3/h5-6,8H,4,7H2,1-3H3/b9-5-. The predicted octanol–water partition coefficient (Wildman–Crippen LogP) is 2.52. The summed E-state index contributed by atoms with van der Waals surface area (Å²) >= 11 is 1.69. The van der Waals surface area contributed by atoms with Crippen molar-refractivity contribution in [3.63, 3.8) is 0 Å². The number of hydrogen-bond acceptors (Lipinski definition) is 2. The molecule has 1 atom stereocenters. The van der Waals surface area contributed by atoms with Gasteiger partial charge in [-0.1, -0.05) is 26.3 Å². The fourth-order valence-electron chi connectivity index (χ4n) is 0.771. The third-order valence-corrected chi connectivity index (χ3v) is 2.23. The Bertz CT molecular complexity index is 140. The van der Waals surface area contributed by atoms with Crippen molar-refractivity contribution in [1.82, 2.24) is 0 Å². The summed E-state index contributed by atoms with van der Waals surface area (Å²) in [7, 11) is 0. The lowest BCUT2D eigenvalue weighted by atomic mass is 10.1. The summed E-state index contributed by atoms with van der Waals surface area (Å²) in [6.45, 7) is 4.26. The third kappa shape index (κ3) is 5.08. The quantitative estimate of drug-likeness (QED) is 0.468. The largest absolute Gasteiger partial charge is 0.298 e. The van der Waals surface area contributed by atoms with Gasteiger partial charge in [-0.15, -0.1) is 0 Å². The number of allylic oxidation sites excluding steroid dienone is 1. The number of aldehydes is 1. The van der Waals surface area contributed by atoms with Crippen LogP contribution >= 0.6 is 11.8 Å². The van der Waals surface area contributed by atoms with Crippen LogP contribution in [0.15, 0.2) is 11.6 Å². The number of hydrogen-bond donors (Lipinski definition) is 0. The normalized spacial score (nSPS) is 14.6. The maximum Gasteiger partial charge on any atom is 0.146 e. The van der Waals surface area contributed by atoms with E-state index in [0.717, 1.165) is 24.0 Å². The number of carbonyl (C=O) groups is 1. The van der Waals surface area contributed by atoms with E-state index in [1.54, 1.807) is 11.8 Å². The van der Waals surface area contributed by atoms with Gasteiger partial charge in [0.25, 0.3) is 0 Å². The van der Waals surface area contributed by atoms with Crippen LogP contribution < -0.4 is 0 Å². The number of thioether (sulfide) groups is 1. The highest BCUT2D eigenvalue weighted by Gasteiger charge is 1.97. The van der Waals surface area contributed by atoms with Crippen LogP contribution in [0.5, 0.6) is 0 Å². The average molecular weight is 172 g/mol. The van der Waals surface area contributed by atoms with Crippen molar-refractivity contribution in [2.24, 2.45) is 5.92 Å². The Labute approximate surface area is 73.3 Å². The van der Waals surface area contributed by atoms with Crippen molar-refractivity contribution >= 4 is 18.0 Å². The topological polar surface area (TPSA) is 17.1 Å². The molecule has 0 bridgehead atoms. The molecule has 0 amide bonds. The minimum absolute atomic E-state index is 0.530. The minimum Gasteiger partial charge on any atom is -0.298 e. The van der Waals surface area contributed by atoms with Crippen LogP contribution in [0.25, 0.3) is 0 Å². The van der Waals surface area contributed by atoms with Gasteiger partial charge in [0.1, 0.15) is 6.29 Å². The highest BCUT2D eigenvalue weighted by molar-refractivity contribution is 7.98. The molecule has 0 N–H and O–H groups in total. The highest BCUT2D eigenvalue weighted by atomic mass is 32.2. The lowest BCUT2D eigenvalue weighted by molar-refractivity contribution is -0.104. The molecular formula is C9H16OS. The number of carbonyl (C=O) groups excluding carboxylic acids is 1. The molecule has 0 aromatic carbocycles. The second-order valence-electron chi connectivity index (χ2n) is 2.68. The lowest BCUT2D eigenvalue weighted by Crippen LogP contribution is -1.94. The van der Waals surface area contributed by atoms with Gasteiger partial charge in [0, 0.05) is 5.75 Å². The zero-order chi connectivity index (χ0) is 8.69. The SMILES string of the molecule is CCC(C)/C=C(/C=O)CSC. The van der Waals surface area contributed by atoms with Gasteiger partial charge in [-0.2, -0.15) is 11.8 Å². The Kier molecular flexibility index (Phi) is 6.33. The molecule has 1 nitrogen and oxygen atoms in total. The molecule has 0 rings (SSSR count). The van der Waals surface area contributed by atoms with E-state index >= 15 is 0 Å². The van der Waals surface area contributed by atoms with Crippen LogP contribution in [-0.4, -0.2) is 18.3 Å². The van der Waals surface area contributed by atoms with Gasteiger partial charge in [0.05, 0.1) is 0 Å². The Morgan fingerprint density at radius 3 is 2.64 bits per heavy atom. The molecule has 0 aliphatic carbocycles. The summed E-state index contributed by atoms with van der Waals surface area (Å²) < 4.78 is 0.